The molecule has 1 saturated carbocycles. The predicted molar refractivity (Wildman–Crippen MR) is 112 cm³/mol. The maximum absolute atomic E-state index is 13.1. The molecule has 6 nitrogen and oxygen atoms in total. The molecule has 0 bridgehead atoms. The fraction of sp³-hybridized carbons (Fsp3) is 0.652. The number of nitrogens with one attached hydrogen (secondary N) is 1. The molecule has 1 unspecified atom stereocenters. The molecule has 6 heteroatoms. The van der Waals surface area contributed by atoms with Crippen LogP contribution in [0.4, 0.5) is 0 Å². The molecule has 2 amide bonds. The minimum atomic E-state index is -0.143. The summed E-state index contributed by atoms with van der Waals surface area (Å²) in [5.74, 6) is 1.79. The van der Waals surface area contributed by atoms with Crippen molar-refractivity contribution in [2.24, 2.45) is 11.8 Å². The zero-order valence-electron chi connectivity index (χ0n) is 17.4. The third-order valence-electron chi connectivity index (χ3n) is 6.66. The zero-order chi connectivity index (χ0) is 20.2. The molecule has 1 N–H and O–H groups in total. The van der Waals surface area contributed by atoms with Crippen LogP contribution in [0.15, 0.2) is 24.3 Å². The first-order chi connectivity index (χ1) is 14.2. The fourth-order valence-electron chi connectivity index (χ4n) is 4.74. The number of ether oxygens (including phenoxy) is 1. The quantitative estimate of drug-likeness (QED) is 0.765. The Morgan fingerprint density at radius 1 is 1.07 bits per heavy atom. The highest BCUT2D eigenvalue weighted by Gasteiger charge is 2.35. The third kappa shape index (κ3) is 4.92. The summed E-state index contributed by atoms with van der Waals surface area (Å²) in [7, 11) is 1.57. The summed E-state index contributed by atoms with van der Waals surface area (Å²) in [6, 6.07) is 7.34. The minimum Gasteiger partial charge on any atom is -0.496 e. The number of nitrogens with zero attached hydrogens (tertiary/aromatic N) is 2. The molecule has 1 aromatic rings. The molecule has 158 valence electrons. The standard InChI is InChI=1S/C23H33N3O3/c1-29-21-7-3-2-6-20(21)22(27)24-15-19-5-4-12-26(19)23(28)18-10-13-25(14-11-18)16-17-8-9-17/h2-3,6-7,17-19H,4-5,8-16H2,1H3,(H,24,27). The van der Waals surface area contributed by atoms with Gasteiger partial charge < -0.3 is 19.9 Å². The van der Waals surface area contributed by atoms with E-state index in [0.29, 0.717) is 23.8 Å². The molecule has 4 rings (SSSR count). The molecule has 2 aliphatic heterocycles. The first-order valence-electron chi connectivity index (χ1n) is 11.1. The highest BCUT2D eigenvalue weighted by Crippen LogP contribution is 2.32. The normalized spacial score (nSPS) is 23.2. The van der Waals surface area contributed by atoms with E-state index >= 15 is 0 Å². The SMILES string of the molecule is COc1ccccc1C(=O)NCC1CCCN1C(=O)C1CCN(CC2CC2)CC1. The fourth-order valence-corrected chi connectivity index (χ4v) is 4.74. The first-order valence-corrected chi connectivity index (χ1v) is 11.1. The van der Waals surface area contributed by atoms with Crippen molar-refractivity contribution in [1.82, 2.24) is 15.1 Å². The molecule has 0 radical (unpaired) electrons. The Morgan fingerprint density at radius 3 is 2.55 bits per heavy atom. The zero-order valence-corrected chi connectivity index (χ0v) is 17.4. The van der Waals surface area contributed by atoms with Gasteiger partial charge in [0, 0.05) is 31.6 Å². The summed E-state index contributed by atoms with van der Waals surface area (Å²) in [5, 5.41) is 3.02. The lowest BCUT2D eigenvalue weighted by atomic mass is 9.94. The Labute approximate surface area is 173 Å². The molecule has 0 aromatic heterocycles. The van der Waals surface area contributed by atoms with Crippen molar-refractivity contribution < 1.29 is 14.3 Å². The van der Waals surface area contributed by atoms with Crippen molar-refractivity contribution in [1.29, 1.82) is 0 Å². The van der Waals surface area contributed by atoms with Crippen LogP contribution in [0, 0.1) is 11.8 Å². The minimum absolute atomic E-state index is 0.102. The molecule has 1 atom stereocenters. The van der Waals surface area contributed by atoms with Crippen molar-refractivity contribution in [3.05, 3.63) is 29.8 Å². The van der Waals surface area contributed by atoms with Gasteiger partial charge >= 0.3 is 0 Å². The maximum atomic E-state index is 13.1. The van der Waals surface area contributed by atoms with Gasteiger partial charge in [0.2, 0.25) is 5.91 Å². The van der Waals surface area contributed by atoms with E-state index < -0.39 is 0 Å². The molecular formula is C23H33N3O3. The number of para-hydroxylation sites is 1. The molecule has 1 aromatic carbocycles. The van der Waals surface area contributed by atoms with Gasteiger partial charge in [-0.1, -0.05) is 12.1 Å². The van der Waals surface area contributed by atoms with E-state index in [4.69, 9.17) is 4.74 Å². The average molecular weight is 400 g/mol. The Balaban J connectivity index is 1.28. The molecule has 3 fully saturated rings. The lowest BCUT2D eigenvalue weighted by Crippen LogP contribution is -2.47. The summed E-state index contributed by atoms with van der Waals surface area (Å²) in [6.07, 6.45) is 6.69. The van der Waals surface area contributed by atoms with Gasteiger partial charge in [0.15, 0.2) is 0 Å². The van der Waals surface area contributed by atoms with Gasteiger partial charge in [0.1, 0.15) is 5.75 Å². The van der Waals surface area contributed by atoms with Crippen LogP contribution < -0.4 is 10.1 Å². The number of hydrogen-bond acceptors (Lipinski definition) is 4. The second-order valence-corrected chi connectivity index (χ2v) is 8.76. The lowest BCUT2D eigenvalue weighted by molar-refractivity contribution is -0.137. The summed E-state index contributed by atoms with van der Waals surface area (Å²) in [6.45, 7) is 4.65. The number of methoxy groups -OCH3 is 1. The molecule has 3 aliphatic rings. The van der Waals surface area contributed by atoms with Crippen LogP contribution >= 0.6 is 0 Å². The summed E-state index contributed by atoms with van der Waals surface area (Å²) < 4.78 is 5.28. The number of carbonyl (C=O) groups is 2. The first kappa shape index (κ1) is 20.2. The van der Waals surface area contributed by atoms with Crippen molar-refractivity contribution in [2.45, 2.75) is 44.6 Å². The smallest absolute Gasteiger partial charge is 0.255 e. The third-order valence-corrected chi connectivity index (χ3v) is 6.66. The summed E-state index contributed by atoms with van der Waals surface area (Å²) in [5.41, 5.74) is 0.536. The van der Waals surface area contributed by atoms with Crippen molar-refractivity contribution >= 4 is 11.8 Å². The van der Waals surface area contributed by atoms with Crippen LogP contribution in [-0.2, 0) is 4.79 Å². The Bertz CT molecular complexity index is 726. The van der Waals surface area contributed by atoms with E-state index in [0.717, 1.165) is 51.2 Å². The number of piperidine rings is 1. The largest absolute Gasteiger partial charge is 0.496 e. The summed E-state index contributed by atoms with van der Waals surface area (Å²) >= 11 is 0. The van der Waals surface area contributed by atoms with Gasteiger partial charge in [0.25, 0.3) is 5.91 Å². The number of carbonyl (C=O) groups excluding carboxylic acids is 2. The van der Waals surface area contributed by atoms with Crippen LogP contribution in [-0.4, -0.2) is 67.5 Å². The Hall–Kier alpha value is -2.08. The van der Waals surface area contributed by atoms with Gasteiger partial charge in [-0.2, -0.15) is 0 Å². The average Bonchev–Trinajstić information content (AvgIpc) is 3.45. The molecule has 2 saturated heterocycles. The van der Waals surface area contributed by atoms with Crippen LogP contribution in [0.2, 0.25) is 0 Å². The van der Waals surface area contributed by atoms with Crippen LogP contribution in [0.5, 0.6) is 5.75 Å². The van der Waals surface area contributed by atoms with Gasteiger partial charge in [-0.25, -0.2) is 0 Å². The molecular weight excluding hydrogens is 366 g/mol. The van der Waals surface area contributed by atoms with E-state index in [9.17, 15) is 9.59 Å². The number of benzene rings is 1. The van der Waals surface area contributed by atoms with E-state index in [1.165, 1.54) is 19.4 Å². The monoisotopic (exact) mass is 399 g/mol. The number of amides is 2. The number of hydrogen-bond donors (Lipinski definition) is 1. The topological polar surface area (TPSA) is 61.9 Å². The van der Waals surface area contributed by atoms with Crippen molar-refractivity contribution in [2.75, 3.05) is 39.8 Å². The lowest BCUT2D eigenvalue weighted by Gasteiger charge is -2.35. The van der Waals surface area contributed by atoms with Crippen molar-refractivity contribution in [3.63, 3.8) is 0 Å². The van der Waals surface area contributed by atoms with Crippen molar-refractivity contribution in [3.8, 4) is 5.75 Å². The maximum Gasteiger partial charge on any atom is 0.255 e. The Morgan fingerprint density at radius 2 is 1.83 bits per heavy atom. The molecule has 1 aliphatic carbocycles. The molecule has 0 spiro atoms. The highest BCUT2D eigenvalue weighted by atomic mass is 16.5. The highest BCUT2D eigenvalue weighted by molar-refractivity contribution is 5.96. The van der Waals surface area contributed by atoms with Crippen LogP contribution in [0.1, 0.15) is 48.9 Å². The Kier molecular flexibility index (Phi) is 6.38. The number of rotatable bonds is 7. The second kappa shape index (κ2) is 9.16. The molecule has 2 heterocycles. The van der Waals surface area contributed by atoms with E-state index in [1.54, 1.807) is 19.2 Å². The van der Waals surface area contributed by atoms with E-state index in [1.807, 2.05) is 17.0 Å². The van der Waals surface area contributed by atoms with Gasteiger partial charge in [0.05, 0.1) is 12.7 Å². The predicted octanol–water partition coefficient (Wildman–Crippen LogP) is 2.54. The van der Waals surface area contributed by atoms with E-state index in [2.05, 4.69) is 10.2 Å². The number of likely N-dealkylation sites (tertiary alicyclic amines) is 2. The van der Waals surface area contributed by atoms with Gasteiger partial charge in [-0.05, 0) is 69.7 Å². The van der Waals surface area contributed by atoms with Crippen LogP contribution in [0.3, 0.4) is 0 Å². The van der Waals surface area contributed by atoms with E-state index in [-0.39, 0.29) is 17.9 Å². The van der Waals surface area contributed by atoms with Gasteiger partial charge in [-0.3, -0.25) is 9.59 Å². The molecule has 29 heavy (non-hydrogen) atoms. The van der Waals surface area contributed by atoms with Crippen LogP contribution in [0.25, 0.3) is 0 Å². The second-order valence-electron chi connectivity index (χ2n) is 8.76. The van der Waals surface area contributed by atoms with Gasteiger partial charge in [-0.15, -0.1) is 0 Å². The summed E-state index contributed by atoms with van der Waals surface area (Å²) in [4.78, 5) is 30.3.